The average molecular weight is 343 g/mol. The predicted molar refractivity (Wildman–Crippen MR) is 81.9 cm³/mol. The maximum Gasteiger partial charge on any atom is 0.269 e. The summed E-state index contributed by atoms with van der Waals surface area (Å²) in [6, 6.07) is 6.25. The highest BCUT2D eigenvalue weighted by molar-refractivity contribution is 9.09. The number of non-ortho nitro benzene ring substituents is 1. The van der Waals surface area contributed by atoms with Gasteiger partial charge in [0.15, 0.2) is 0 Å². The Kier molecular flexibility index (Phi) is 6.64. The molecule has 1 aromatic rings. The first-order chi connectivity index (χ1) is 9.47. The molecule has 0 heterocycles. The summed E-state index contributed by atoms with van der Waals surface area (Å²) in [6.07, 6.45) is 2.31. The van der Waals surface area contributed by atoms with Crippen molar-refractivity contribution in [2.75, 3.05) is 12.4 Å². The van der Waals surface area contributed by atoms with Crippen molar-refractivity contribution < 1.29 is 9.72 Å². The SMILES string of the molecule is CC(c1cccc([N+](=O)[O-])c1)N(C)C(=O)CCCCBr. The zero-order valence-corrected chi connectivity index (χ0v) is 13.3. The second-order valence-electron chi connectivity index (χ2n) is 4.68. The van der Waals surface area contributed by atoms with Crippen LogP contribution < -0.4 is 0 Å². The fourth-order valence-electron chi connectivity index (χ4n) is 1.88. The summed E-state index contributed by atoms with van der Waals surface area (Å²) in [5.41, 5.74) is 0.824. The Morgan fingerprint density at radius 1 is 1.45 bits per heavy atom. The molecule has 1 unspecified atom stereocenters. The molecular weight excluding hydrogens is 324 g/mol. The van der Waals surface area contributed by atoms with E-state index in [1.807, 2.05) is 6.92 Å². The summed E-state index contributed by atoms with van der Waals surface area (Å²) in [7, 11) is 1.74. The average Bonchev–Trinajstić information content (AvgIpc) is 2.45. The highest BCUT2D eigenvalue weighted by atomic mass is 79.9. The number of hydrogen-bond acceptors (Lipinski definition) is 3. The van der Waals surface area contributed by atoms with Crippen LogP contribution in [0.2, 0.25) is 0 Å². The summed E-state index contributed by atoms with van der Waals surface area (Å²) < 4.78 is 0. The molecule has 1 atom stereocenters. The number of carbonyl (C=O) groups excluding carboxylic acids is 1. The van der Waals surface area contributed by atoms with Gasteiger partial charge < -0.3 is 4.90 Å². The van der Waals surface area contributed by atoms with Gasteiger partial charge in [0.05, 0.1) is 11.0 Å². The minimum Gasteiger partial charge on any atom is -0.339 e. The molecule has 0 aliphatic rings. The van der Waals surface area contributed by atoms with Crippen LogP contribution >= 0.6 is 15.9 Å². The third-order valence-corrected chi connectivity index (χ3v) is 3.87. The van der Waals surface area contributed by atoms with Gasteiger partial charge in [-0.2, -0.15) is 0 Å². The first-order valence-electron chi connectivity index (χ1n) is 6.53. The van der Waals surface area contributed by atoms with E-state index in [2.05, 4.69) is 15.9 Å². The Labute approximate surface area is 127 Å². The number of carbonyl (C=O) groups is 1. The molecule has 6 heteroatoms. The minimum atomic E-state index is -0.423. The molecule has 0 radical (unpaired) electrons. The van der Waals surface area contributed by atoms with Gasteiger partial charge in [0.25, 0.3) is 5.69 Å². The number of amides is 1. The van der Waals surface area contributed by atoms with Gasteiger partial charge in [-0.3, -0.25) is 14.9 Å². The van der Waals surface area contributed by atoms with Gasteiger partial charge >= 0.3 is 0 Å². The van der Waals surface area contributed by atoms with Crippen molar-refractivity contribution in [3.05, 3.63) is 39.9 Å². The van der Waals surface area contributed by atoms with Crippen molar-refractivity contribution >= 4 is 27.5 Å². The quantitative estimate of drug-likeness (QED) is 0.328. The molecule has 0 aliphatic heterocycles. The van der Waals surface area contributed by atoms with E-state index in [1.54, 1.807) is 24.1 Å². The van der Waals surface area contributed by atoms with Crippen molar-refractivity contribution in [3.8, 4) is 0 Å². The fourth-order valence-corrected chi connectivity index (χ4v) is 2.28. The Balaban J connectivity index is 2.73. The lowest BCUT2D eigenvalue weighted by molar-refractivity contribution is -0.384. The first-order valence-corrected chi connectivity index (χ1v) is 7.65. The van der Waals surface area contributed by atoms with Crippen molar-refractivity contribution in [2.45, 2.75) is 32.2 Å². The highest BCUT2D eigenvalue weighted by Gasteiger charge is 2.18. The molecule has 1 amide bonds. The lowest BCUT2D eigenvalue weighted by atomic mass is 10.1. The topological polar surface area (TPSA) is 63.5 Å². The Morgan fingerprint density at radius 3 is 2.75 bits per heavy atom. The van der Waals surface area contributed by atoms with Crippen molar-refractivity contribution in [1.29, 1.82) is 0 Å². The first kappa shape index (κ1) is 16.6. The third kappa shape index (κ3) is 4.59. The summed E-state index contributed by atoms with van der Waals surface area (Å²) >= 11 is 3.33. The van der Waals surface area contributed by atoms with Crippen molar-refractivity contribution in [3.63, 3.8) is 0 Å². The lowest BCUT2D eigenvalue weighted by Gasteiger charge is -2.25. The molecule has 0 bridgehead atoms. The molecular formula is C14H19BrN2O3. The molecule has 0 N–H and O–H groups in total. The van der Waals surface area contributed by atoms with E-state index in [9.17, 15) is 14.9 Å². The normalized spacial score (nSPS) is 11.9. The maximum absolute atomic E-state index is 12.0. The minimum absolute atomic E-state index is 0.0505. The summed E-state index contributed by atoms with van der Waals surface area (Å²) in [4.78, 5) is 24.0. The number of alkyl halides is 1. The number of nitro groups is 1. The van der Waals surface area contributed by atoms with Gasteiger partial charge in [0.1, 0.15) is 0 Å². The van der Waals surface area contributed by atoms with E-state index in [-0.39, 0.29) is 17.6 Å². The highest BCUT2D eigenvalue weighted by Crippen LogP contribution is 2.23. The smallest absolute Gasteiger partial charge is 0.269 e. The number of nitro benzene ring substituents is 1. The molecule has 1 aromatic carbocycles. The van der Waals surface area contributed by atoms with Crippen molar-refractivity contribution in [2.24, 2.45) is 0 Å². The van der Waals surface area contributed by atoms with Gasteiger partial charge in [-0.25, -0.2) is 0 Å². The zero-order valence-electron chi connectivity index (χ0n) is 11.7. The molecule has 0 saturated heterocycles. The Bertz CT molecular complexity index is 479. The molecule has 20 heavy (non-hydrogen) atoms. The predicted octanol–water partition coefficient (Wildman–Crippen LogP) is 3.68. The third-order valence-electron chi connectivity index (χ3n) is 3.31. The van der Waals surface area contributed by atoms with Crippen LogP contribution in [0.3, 0.4) is 0 Å². The van der Waals surface area contributed by atoms with Crippen LogP contribution in [-0.2, 0) is 4.79 Å². The number of rotatable bonds is 7. The van der Waals surface area contributed by atoms with E-state index in [0.717, 1.165) is 23.7 Å². The summed E-state index contributed by atoms with van der Waals surface area (Å²) in [5.74, 6) is 0.0601. The Morgan fingerprint density at radius 2 is 2.15 bits per heavy atom. The lowest BCUT2D eigenvalue weighted by Crippen LogP contribution is -2.29. The molecule has 0 saturated carbocycles. The van der Waals surface area contributed by atoms with Gasteiger partial charge in [-0.15, -0.1) is 0 Å². The molecule has 0 spiro atoms. The Hall–Kier alpha value is -1.43. The monoisotopic (exact) mass is 342 g/mol. The summed E-state index contributed by atoms with van der Waals surface area (Å²) in [6.45, 7) is 1.88. The van der Waals surface area contributed by atoms with Gasteiger partial charge in [0.2, 0.25) is 5.91 Å². The van der Waals surface area contributed by atoms with E-state index in [0.29, 0.717) is 6.42 Å². The molecule has 0 aromatic heterocycles. The molecule has 110 valence electrons. The van der Waals surface area contributed by atoms with Crippen LogP contribution in [0, 0.1) is 10.1 Å². The maximum atomic E-state index is 12.0. The molecule has 0 fully saturated rings. The standard InChI is InChI=1S/C14H19BrN2O3/c1-11(16(2)14(18)8-3-4-9-15)12-6-5-7-13(10-12)17(19)20/h5-7,10-11H,3-4,8-9H2,1-2H3. The number of nitrogens with zero attached hydrogens (tertiary/aromatic N) is 2. The fraction of sp³-hybridized carbons (Fsp3) is 0.500. The van der Waals surface area contributed by atoms with Crippen LogP contribution in [0.4, 0.5) is 5.69 Å². The van der Waals surface area contributed by atoms with Gasteiger partial charge in [0, 0.05) is 30.9 Å². The van der Waals surface area contributed by atoms with Crippen LogP contribution in [0.5, 0.6) is 0 Å². The second-order valence-corrected chi connectivity index (χ2v) is 5.47. The van der Waals surface area contributed by atoms with Crippen LogP contribution in [-0.4, -0.2) is 28.1 Å². The van der Waals surface area contributed by atoms with Crippen LogP contribution in [0.15, 0.2) is 24.3 Å². The number of unbranched alkanes of at least 4 members (excludes halogenated alkanes) is 1. The van der Waals surface area contributed by atoms with E-state index >= 15 is 0 Å². The number of hydrogen-bond donors (Lipinski definition) is 0. The molecule has 0 aliphatic carbocycles. The van der Waals surface area contributed by atoms with Crippen molar-refractivity contribution in [1.82, 2.24) is 4.90 Å². The zero-order chi connectivity index (χ0) is 15.1. The molecule has 1 rings (SSSR count). The van der Waals surface area contributed by atoms with E-state index in [4.69, 9.17) is 0 Å². The largest absolute Gasteiger partial charge is 0.339 e. The second kappa shape index (κ2) is 7.99. The van der Waals surface area contributed by atoms with Crippen LogP contribution in [0.1, 0.15) is 37.8 Å². The van der Waals surface area contributed by atoms with Crippen LogP contribution in [0.25, 0.3) is 0 Å². The number of halogens is 1. The number of benzene rings is 1. The summed E-state index contributed by atoms with van der Waals surface area (Å²) in [5, 5.41) is 11.7. The van der Waals surface area contributed by atoms with Gasteiger partial charge in [-0.1, -0.05) is 28.1 Å². The van der Waals surface area contributed by atoms with E-state index in [1.165, 1.54) is 12.1 Å². The molecule has 5 nitrogen and oxygen atoms in total. The van der Waals surface area contributed by atoms with Gasteiger partial charge in [-0.05, 0) is 25.3 Å². The van der Waals surface area contributed by atoms with E-state index < -0.39 is 4.92 Å².